The molecular weight excluding hydrogens is 547 g/mol. The molecule has 2 N–H and O–H groups in total. The van der Waals surface area contributed by atoms with Crippen molar-refractivity contribution in [1.82, 2.24) is 24.5 Å². The molecule has 38 heavy (non-hydrogen) atoms. The average Bonchev–Trinajstić information content (AvgIpc) is 3.39. The van der Waals surface area contributed by atoms with E-state index in [4.69, 9.17) is 10.5 Å². The minimum absolute atomic E-state index is 0. The van der Waals surface area contributed by atoms with Gasteiger partial charge in [0.05, 0.1) is 12.1 Å². The number of hydrogen-bond acceptors (Lipinski definition) is 6. The number of nitrogens with zero attached hydrogens (tertiary/aromatic N) is 5. The number of fused-ring (bicyclic) bond motifs is 2. The maximum Gasteiger partial charge on any atom is 0.408 e. The second-order valence-corrected chi connectivity index (χ2v) is 9.61. The van der Waals surface area contributed by atoms with E-state index in [-0.39, 0.29) is 49.3 Å². The topological polar surface area (TPSA) is 81.6 Å². The summed E-state index contributed by atoms with van der Waals surface area (Å²) in [5.74, 6) is -0.0529. The average molecular weight is 575 g/mol. The zero-order valence-electron chi connectivity index (χ0n) is 20.7. The lowest BCUT2D eigenvalue weighted by Gasteiger charge is -2.31. The highest BCUT2D eigenvalue weighted by Crippen LogP contribution is 2.41. The summed E-state index contributed by atoms with van der Waals surface area (Å²) in [4.78, 5) is 5.99. The van der Waals surface area contributed by atoms with Crippen LogP contribution in [0, 0.1) is 5.82 Å². The lowest BCUT2D eigenvalue weighted by Crippen LogP contribution is -2.43. The molecule has 0 saturated carbocycles. The van der Waals surface area contributed by atoms with Crippen LogP contribution >= 0.6 is 24.8 Å². The molecular formula is C25H28Cl2F4N6O. The number of ether oxygens (including phenoxy) is 1. The number of hydrogen-bond donors (Lipinski definition) is 1. The van der Waals surface area contributed by atoms with Gasteiger partial charge in [0.1, 0.15) is 17.6 Å². The van der Waals surface area contributed by atoms with Crippen molar-refractivity contribution in [1.29, 1.82) is 0 Å². The Morgan fingerprint density at radius 2 is 1.89 bits per heavy atom. The molecule has 0 radical (unpaired) electrons. The first kappa shape index (κ1) is 30.0. The van der Waals surface area contributed by atoms with Crippen molar-refractivity contribution in [2.45, 2.75) is 37.5 Å². The molecule has 206 valence electrons. The Kier molecular flexibility index (Phi) is 8.89. The van der Waals surface area contributed by atoms with Crippen molar-refractivity contribution in [2.24, 2.45) is 5.73 Å². The summed E-state index contributed by atoms with van der Waals surface area (Å²) < 4.78 is 63.6. The quantitative estimate of drug-likeness (QED) is 0.321. The van der Waals surface area contributed by atoms with E-state index >= 15 is 0 Å². The molecule has 0 unspecified atom stereocenters. The molecule has 1 fully saturated rings. The lowest BCUT2D eigenvalue weighted by atomic mass is 10.0. The molecule has 4 aromatic rings. The monoisotopic (exact) mass is 574 g/mol. The van der Waals surface area contributed by atoms with Crippen molar-refractivity contribution in [2.75, 3.05) is 26.8 Å². The zero-order chi connectivity index (χ0) is 25.7. The number of rotatable bonds is 6. The van der Waals surface area contributed by atoms with Crippen molar-refractivity contribution >= 4 is 41.4 Å². The molecule has 3 aromatic heterocycles. The summed E-state index contributed by atoms with van der Waals surface area (Å²) in [6.45, 7) is 2.51. The van der Waals surface area contributed by atoms with Crippen LogP contribution in [0.1, 0.15) is 30.5 Å². The van der Waals surface area contributed by atoms with Crippen LogP contribution in [0.3, 0.4) is 0 Å². The van der Waals surface area contributed by atoms with E-state index in [0.717, 1.165) is 0 Å². The molecule has 2 atom stereocenters. The first-order valence-corrected chi connectivity index (χ1v) is 11.6. The number of pyridine rings is 2. The Hall–Kier alpha value is -2.57. The normalized spacial score (nSPS) is 18.9. The summed E-state index contributed by atoms with van der Waals surface area (Å²) in [6.07, 6.45) is -2.21. The van der Waals surface area contributed by atoms with Gasteiger partial charge in [-0.05, 0) is 55.2 Å². The Morgan fingerprint density at radius 1 is 1.13 bits per heavy atom. The third-order valence-corrected chi connectivity index (χ3v) is 6.61. The van der Waals surface area contributed by atoms with Gasteiger partial charge in [-0.2, -0.15) is 13.2 Å². The van der Waals surface area contributed by atoms with E-state index in [0.29, 0.717) is 53.1 Å². The summed E-state index contributed by atoms with van der Waals surface area (Å²) in [6, 6.07) is 7.56. The van der Waals surface area contributed by atoms with E-state index in [1.54, 1.807) is 32.2 Å². The van der Waals surface area contributed by atoms with Gasteiger partial charge in [-0.15, -0.1) is 35.0 Å². The minimum Gasteiger partial charge on any atom is -0.384 e. The van der Waals surface area contributed by atoms with Crippen LogP contribution in [0.4, 0.5) is 17.6 Å². The molecule has 0 bridgehead atoms. The SMILES string of the molecule is COCCc1cc2nc(-c3nnc4ccc([C@H](N5CC[C@](C)(N)C5)C(F)(F)F)cn34)ccc2cc1F.Cl.Cl. The highest BCUT2D eigenvalue weighted by Gasteiger charge is 2.48. The second kappa shape index (κ2) is 11.3. The summed E-state index contributed by atoms with van der Waals surface area (Å²) in [7, 11) is 1.54. The van der Waals surface area contributed by atoms with E-state index in [9.17, 15) is 17.6 Å². The molecule has 0 spiro atoms. The maximum absolute atomic E-state index is 14.4. The third kappa shape index (κ3) is 5.86. The van der Waals surface area contributed by atoms with E-state index in [1.165, 1.54) is 33.7 Å². The molecule has 1 aromatic carbocycles. The van der Waals surface area contributed by atoms with Gasteiger partial charge in [0.25, 0.3) is 0 Å². The Bertz CT molecular complexity index is 1430. The number of aromatic nitrogens is 4. The number of nitrogens with two attached hydrogens (primary N) is 1. The summed E-state index contributed by atoms with van der Waals surface area (Å²) >= 11 is 0. The van der Waals surface area contributed by atoms with Crippen LogP contribution in [0.2, 0.25) is 0 Å². The fourth-order valence-electron chi connectivity index (χ4n) is 4.81. The largest absolute Gasteiger partial charge is 0.408 e. The highest BCUT2D eigenvalue weighted by molar-refractivity contribution is 5.85. The Morgan fingerprint density at radius 3 is 2.55 bits per heavy atom. The maximum atomic E-state index is 14.4. The van der Waals surface area contributed by atoms with E-state index < -0.39 is 17.8 Å². The molecule has 1 aliphatic heterocycles. The van der Waals surface area contributed by atoms with Crippen LogP contribution in [0.5, 0.6) is 0 Å². The van der Waals surface area contributed by atoms with Gasteiger partial charge in [0.15, 0.2) is 11.5 Å². The number of benzene rings is 1. The second-order valence-electron chi connectivity index (χ2n) is 9.61. The fraction of sp³-hybridized carbons (Fsp3) is 0.400. The molecule has 1 aliphatic rings. The highest BCUT2D eigenvalue weighted by atomic mass is 35.5. The van der Waals surface area contributed by atoms with E-state index in [1.807, 2.05) is 0 Å². The van der Waals surface area contributed by atoms with Gasteiger partial charge in [-0.1, -0.05) is 12.1 Å². The molecule has 5 rings (SSSR count). The molecule has 0 amide bonds. The molecule has 7 nitrogen and oxygen atoms in total. The van der Waals surface area contributed by atoms with Gasteiger partial charge < -0.3 is 10.5 Å². The van der Waals surface area contributed by atoms with Crippen LogP contribution in [-0.2, 0) is 11.2 Å². The molecule has 4 heterocycles. The van der Waals surface area contributed by atoms with Crippen molar-refractivity contribution < 1.29 is 22.3 Å². The Balaban J connectivity index is 0.00000200. The molecule has 0 aliphatic carbocycles. The standard InChI is InChI=1S/C25H26F4N6O.2ClH/c1-24(30)8-9-34(14-24)22(25(27,28)29)17-4-6-21-32-33-23(35(21)13-17)19-5-3-16-11-18(26)15(7-10-36-2)12-20(16)31-19;;/h3-6,11-13,22H,7-10,14,30H2,1-2H3;2*1H/t22-,24-;;/m0../s1. The molecule has 13 heteroatoms. The number of alkyl halides is 3. The first-order valence-electron chi connectivity index (χ1n) is 11.6. The summed E-state index contributed by atoms with van der Waals surface area (Å²) in [5.41, 5.74) is 7.32. The summed E-state index contributed by atoms with van der Waals surface area (Å²) in [5, 5.41) is 8.90. The number of methoxy groups -OCH3 is 1. The van der Waals surface area contributed by atoms with Crippen LogP contribution in [0.25, 0.3) is 28.1 Å². The van der Waals surface area contributed by atoms with Gasteiger partial charge in [-0.3, -0.25) is 9.30 Å². The van der Waals surface area contributed by atoms with Crippen LogP contribution in [0.15, 0.2) is 42.6 Å². The fourth-order valence-corrected chi connectivity index (χ4v) is 4.81. The first-order chi connectivity index (χ1) is 17.1. The third-order valence-electron chi connectivity index (χ3n) is 6.61. The van der Waals surface area contributed by atoms with Crippen LogP contribution < -0.4 is 5.73 Å². The number of likely N-dealkylation sites (tertiary alicyclic amines) is 1. The van der Waals surface area contributed by atoms with Gasteiger partial charge in [0.2, 0.25) is 0 Å². The number of halogens is 6. The minimum atomic E-state index is -4.49. The van der Waals surface area contributed by atoms with E-state index in [2.05, 4.69) is 15.2 Å². The smallest absolute Gasteiger partial charge is 0.384 e. The molecule has 1 saturated heterocycles. The Labute approximate surface area is 229 Å². The predicted octanol–water partition coefficient (Wildman–Crippen LogP) is 5.14. The van der Waals surface area contributed by atoms with Crippen molar-refractivity contribution in [3.05, 3.63) is 59.5 Å². The zero-order valence-corrected chi connectivity index (χ0v) is 22.3. The van der Waals surface area contributed by atoms with Crippen molar-refractivity contribution in [3.8, 4) is 11.5 Å². The van der Waals surface area contributed by atoms with Crippen LogP contribution in [-0.4, -0.2) is 63.0 Å². The predicted molar refractivity (Wildman–Crippen MR) is 141 cm³/mol. The van der Waals surface area contributed by atoms with Gasteiger partial charge >= 0.3 is 6.18 Å². The van der Waals surface area contributed by atoms with Crippen molar-refractivity contribution in [3.63, 3.8) is 0 Å². The van der Waals surface area contributed by atoms with Gasteiger partial charge in [-0.25, -0.2) is 9.37 Å². The lowest BCUT2D eigenvalue weighted by molar-refractivity contribution is -0.184. The van der Waals surface area contributed by atoms with Gasteiger partial charge in [0, 0.05) is 37.3 Å².